The molecular formula is C20H16N4O3. The number of imidazole rings is 1. The fourth-order valence-electron chi connectivity index (χ4n) is 3.77. The second-order valence-electron chi connectivity index (χ2n) is 6.55. The van der Waals surface area contributed by atoms with E-state index in [9.17, 15) is 9.59 Å². The number of rotatable bonds is 2. The van der Waals surface area contributed by atoms with Gasteiger partial charge in [0, 0.05) is 12.3 Å². The summed E-state index contributed by atoms with van der Waals surface area (Å²) in [5, 5.41) is 2.88. The van der Waals surface area contributed by atoms with Crippen LogP contribution in [0.2, 0.25) is 0 Å². The van der Waals surface area contributed by atoms with Crippen molar-refractivity contribution in [2.75, 3.05) is 12.4 Å². The molecule has 0 aliphatic carbocycles. The summed E-state index contributed by atoms with van der Waals surface area (Å²) in [7, 11) is 1.60. The second-order valence-corrected chi connectivity index (χ2v) is 6.55. The summed E-state index contributed by atoms with van der Waals surface area (Å²) in [6, 6.07) is 15.0. The van der Waals surface area contributed by atoms with Crippen LogP contribution in [0.15, 0.2) is 53.3 Å². The first-order valence-electron chi connectivity index (χ1n) is 8.63. The van der Waals surface area contributed by atoms with E-state index < -0.39 is 0 Å². The van der Waals surface area contributed by atoms with Crippen LogP contribution in [0.1, 0.15) is 23.5 Å². The number of hydrogen-bond acceptors (Lipinski definition) is 4. The number of nitrogens with zero attached hydrogens (tertiary/aromatic N) is 2. The summed E-state index contributed by atoms with van der Waals surface area (Å²) in [6.45, 7) is 0. The quantitative estimate of drug-likeness (QED) is 0.575. The molecule has 0 saturated heterocycles. The SMILES string of the molecule is COc1ccc([C@@H]2CC(=O)Nc3c2c(=O)[nH]c2nc4ccccc4n32)cc1. The Hall–Kier alpha value is -3.61. The highest BCUT2D eigenvalue weighted by atomic mass is 16.5. The van der Waals surface area contributed by atoms with Crippen LogP contribution in [-0.4, -0.2) is 27.4 Å². The predicted molar refractivity (Wildman–Crippen MR) is 101 cm³/mol. The molecule has 134 valence electrons. The molecule has 2 aromatic heterocycles. The van der Waals surface area contributed by atoms with Gasteiger partial charge in [0.1, 0.15) is 11.6 Å². The molecule has 0 spiro atoms. The maximum atomic E-state index is 12.9. The van der Waals surface area contributed by atoms with Gasteiger partial charge in [-0.1, -0.05) is 24.3 Å². The molecule has 7 nitrogen and oxygen atoms in total. The lowest BCUT2D eigenvalue weighted by atomic mass is 9.87. The molecule has 1 atom stereocenters. The second kappa shape index (κ2) is 5.70. The Morgan fingerprint density at radius 1 is 1.11 bits per heavy atom. The molecular weight excluding hydrogens is 344 g/mol. The number of nitrogens with one attached hydrogen (secondary N) is 2. The first-order valence-corrected chi connectivity index (χ1v) is 8.63. The number of H-pyrrole nitrogens is 1. The van der Waals surface area contributed by atoms with E-state index in [1.807, 2.05) is 48.5 Å². The van der Waals surface area contributed by atoms with Gasteiger partial charge < -0.3 is 10.1 Å². The summed E-state index contributed by atoms with van der Waals surface area (Å²) >= 11 is 0. The summed E-state index contributed by atoms with van der Waals surface area (Å²) < 4.78 is 7.01. The van der Waals surface area contributed by atoms with E-state index in [1.165, 1.54) is 0 Å². The van der Waals surface area contributed by atoms with Crippen molar-refractivity contribution >= 4 is 28.5 Å². The summed E-state index contributed by atoms with van der Waals surface area (Å²) in [5.74, 6) is 1.15. The molecule has 0 fully saturated rings. The number of anilines is 1. The van der Waals surface area contributed by atoms with Crippen LogP contribution in [0, 0.1) is 0 Å². The van der Waals surface area contributed by atoms with E-state index >= 15 is 0 Å². The van der Waals surface area contributed by atoms with Crippen LogP contribution < -0.4 is 15.6 Å². The first-order chi connectivity index (χ1) is 13.2. The van der Waals surface area contributed by atoms with Gasteiger partial charge in [0.2, 0.25) is 11.7 Å². The normalized spacial score (nSPS) is 16.3. The minimum atomic E-state index is -0.339. The summed E-state index contributed by atoms with van der Waals surface area (Å²) in [4.78, 5) is 32.7. The number of hydrogen-bond donors (Lipinski definition) is 2. The van der Waals surface area contributed by atoms with Gasteiger partial charge in [0.15, 0.2) is 0 Å². The number of ether oxygens (including phenoxy) is 1. The third-order valence-electron chi connectivity index (χ3n) is 5.02. The van der Waals surface area contributed by atoms with E-state index in [0.29, 0.717) is 17.2 Å². The van der Waals surface area contributed by atoms with Crippen molar-refractivity contribution in [3.8, 4) is 5.75 Å². The van der Waals surface area contributed by atoms with Gasteiger partial charge in [-0.25, -0.2) is 4.98 Å². The molecule has 7 heteroatoms. The lowest BCUT2D eigenvalue weighted by Gasteiger charge is -2.25. The Kier molecular flexibility index (Phi) is 3.30. The van der Waals surface area contributed by atoms with E-state index in [4.69, 9.17) is 4.74 Å². The van der Waals surface area contributed by atoms with Gasteiger partial charge in [-0.05, 0) is 29.8 Å². The van der Waals surface area contributed by atoms with Gasteiger partial charge in [0.05, 0.1) is 23.7 Å². The van der Waals surface area contributed by atoms with E-state index in [2.05, 4.69) is 15.3 Å². The van der Waals surface area contributed by atoms with Crippen LogP contribution >= 0.6 is 0 Å². The zero-order chi connectivity index (χ0) is 18.5. The average molecular weight is 360 g/mol. The van der Waals surface area contributed by atoms with Crippen LogP contribution in [-0.2, 0) is 4.79 Å². The number of carbonyl (C=O) groups is 1. The highest BCUT2D eigenvalue weighted by Gasteiger charge is 2.32. The lowest BCUT2D eigenvalue weighted by Crippen LogP contribution is -2.32. The number of para-hydroxylation sites is 2. The molecule has 3 heterocycles. The van der Waals surface area contributed by atoms with Crippen molar-refractivity contribution < 1.29 is 9.53 Å². The van der Waals surface area contributed by atoms with Crippen molar-refractivity contribution in [2.24, 2.45) is 0 Å². The fourth-order valence-corrected chi connectivity index (χ4v) is 3.77. The number of aromatic amines is 1. The molecule has 2 aromatic carbocycles. The molecule has 0 radical (unpaired) electrons. The van der Waals surface area contributed by atoms with Crippen molar-refractivity contribution in [1.82, 2.24) is 14.4 Å². The molecule has 1 aliphatic rings. The van der Waals surface area contributed by atoms with Crippen molar-refractivity contribution in [3.63, 3.8) is 0 Å². The van der Waals surface area contributed by atoms with Crippen LogP contribution in [0.4, 0.5) is 5.82 Å². The molecule has 0 bridgehead atoms. The zero-order valence-corrected chi connectivity index (χ0v) is 14.5. The van der Waals surface area contributed by atoms with Crippen LogP contribution in [0.3, 0.4) is 0 Å². The number of amides is 1. The van der Waals surface area contributed by atoms with Crippen molar-refractivity contribution in [3.05, 3.63) is 70.0 Å². The molecule has 0 saturated carbocycles. The molecule has 5 rings (SSSR count). The number of carbonyl (C=O) groups excluding carboxylic acids is 1. The molecule has 1 aliphatic heterocycles. The Labute approximate surface area is 153 Å². The lowest BCUT2D eigenvalue weighted by molar-refractivity contribution is -0.116. The maximum absolute atomic E-state index is 12.9. The standard InChI is InChI=1S/C20H16N4O3/c1-27-12-8-6-11(7-9-12)13-10-16(25)22-18-17(13)19(26)23-20-21-14-4-2-3-5-15(14)24(18)20/h2-9,13H,10H2,1H3,(H,22,25)(H,21,23,26)/t13-/m0/s1. The Balaban J connectivity index is 1.80. The van der Waals surface area contributed by atoms with Crippen molar-refractivity contribution in [2.45, 2.75) is 12.3 Å². The minimum Gasteiger partial charge on any atom is -0.497 e. The van der Waals surface area contributed by atoms with Gasteiger partial charge in [-0.2, -0.15) is 0 Å². The van der Waals surface area contributed by atoms with E-state index in [-0.39, 0.29) is 23.8 Å². The monoisotopic (exact) mass is 360 g/mol. The van der Waals surface area contributed by atoms with Crippen molar-refractivity contribution in [1.29, 1.82) is 0 Å². The number of benzene rings is 2. The molecule has 27 heavy (non-hydrogen) atoms. The van der Waals surface area contributed by atoms with Gasteiger partial charge >= 0.3 is 0 Å². The Bertz CT molecular complexity index is 1250. The highest BCUT2D eigenvalue weighted by Crippen LogP contribution is 2.36. The first kappa shape index (κ1) is 15.6. The fraction of sp³-hybridized carbons (Fsp3) is 0.150. The largest absolute Gasteiger partial charge is 0.497 e. The molecule has 1 amide bonds. The number of aromatic nitrogens is 3. The topological polar surface area (TPSA) is 88.5 Å². The van der Waals surface area contributed by atoms with Crippen LogP contribution in [0.25, 0.3) is 16.8 Å². The molecule has 2 N–H and O–H groups in total. The van der Waals surface area contributed by atoms with Gasteiger partial charge in [-0.15, -0.1) is 0 Å². The maximum Gasteiger partial charge on any atom is 0.258 e. The van der Waals surface area contributed by atoms with Crippen LogP contribution in [0.5, 0.6) is 5.75 Å². The van der Waals surface area contributed by atoms with Gasteiger partial charge in [-0.3, -0.25) is 19.0 Å². The van der Waals surface area contributed by atoms with E-state index in [0.717, 1.165) is 22.3 Å². The number of fused-ring (bicyclic) bond motifs is 5. The third-order valence-corrected chi connectivity index (χ3v) is 5.02. The Morgan fingerprint density at radius 3 is 2.67 bits per heavy atom. The van der Waals surface area contributed by atoms with Gasteiger partial charge in [0.25, 0.3) is 5.56 Å². The molecule has 4 aromatic rings. The van der Waals surface area contributed by atoms with E-state index in [1.54, 1.807) is 11.5 Å². The zero-order valence-electron chi connectivity index (χ0n) is 14.5. The molecule has 0 unspecified atom stereocenters. The highest BCUT2D eigenvalue weighted by molar-refractivity contribution is 5.96. The summed E-state index contributed by atoms with van der Waals surface area (Å²) in [5.41, 5.74) is 2.77. The smallest absolute Gasteiger partial charge is 0.258 e. The third kappa shape index (κ3) is 2.32. The average Bonchev–Trinajstić information content (AvgIpc) is 3.05. The summed E-state index contributed by atoms with van der Waals surface area (Å²) in [6.07, 6.45) is 0.209. The Morgan fingerprint density at radius 2 is 1.89 bits per heavy atom. The predicted octanol–water partition coefficient (Wildman–Crippen LogP) is 2.66. The minimum absolute atomic E-state index is 0.131. The number of methoxy groups -OCH3 is 1.